The number of nitrogens with zero attached hydrogens (tertiary/aromatic N) is 3. The maximum atomic E-state index is 14.1. The lowest BCUT2D eigenvalue weighted by atomic mass is 10.2. The molecule has 0 aliphatic carbocycles. The molecule has 1 aromatic heterocycles. The summed E-state index contributed by atoms with van der Waals surface area (Å²) < 4.78 is 33.4. The van der Waals surface area contributed by atoms with E-state index in [4.69, 9.17) is 4.74 Å². The summed E-state index contributed by atoms with van der Waals surface area (Å²) in [6.07, 6.45) is 0. The maximum Gasteiger partial charge on any atom is 0.321 e. The number of hydrogen-bond acceptors (Lipinski definition) is 5. The lowest BCUT2D eigenvalue weighted by Crippen LogP contribution is -2.08. The van der Waals surface area contributed by atoms with Crippen molar-refractivity contribution in [3.05, 3.63) is 28.2 Å². The quantitative estimate of drug-likeness (QED) is 0.830. The first-order valence-corrected chi connectivity index (χ1v) is 7.12. The van der Waals surface area contributed by atoms with Gasteiger partial charge in [0.05, 0.1) is 16.6 Å². The first-order chi connectivity index (χ1) is 10.1. The molecule has 1 heterocycles. The van der Waals surface area contributed by atoms with Gasteiger partial charge < -0.3 is 10.1 Å². The van der Waals surface area contributed by atoms with Crippen LogP contribution in [-0.2, 0) is 0 Å². The zero-order chi connectivity index (χ0) is 15.4. The van der Waals surface area contributed by atoms with Gasteiger partial charge in [0.15, 0.2) is 11.6 Å². The van der Waals surface area contributed by atoms with Crippen LogP contribution in [0.3, 0.4) is 0 Å². The Kier molecular flexibility index (Phi) is 5.00. The van der Waals surface area contributed by atoms with E-state index in [1.165, 1.54) is 6.07 Å². The third kappa shape index (κ3) is 3.44. The second kappa shape index (κ2) is 6.75. The number of anilines is 1. The highest BCUT2D eigenvalue weighted by Crippen LogP contribution is 2.29. The van der Waals surface area contributed by atoms with Gasteiger partial charge in [-0.2, -0.15) is 15.0 Å². The molecule has 0 aliphatic rings. The number of rotatable bonds is 5. The highest BCUT2D eigenvalue weighted by molar-refractivity contribution is 9.10. The number of hydrogen-bond donors (Lipinski definition) is 1. The third-order valence-electron chi connectivity index (χ3n) is 2.49. The molecule has 1 N–H and O–H groups in total. The summed E-state index contributed by atoms with van der Waals surface area (Å²) in [7, 11) is 0. The fourth-order valence-corrected chi connectivity index (χ4v) is 1.96. The Morgan fingerprint density at radius 2 is 1.95 bits per heavy atom. The summed E-state index contributed by atoms with van der Waals surface area (Å²) in [4.78, 5) is 12.0. The lowest BCUT2D eigenvalue weighted by Gasteiger charge is -2.09. The highest BCUT2D eigenvalue weighted by Gasteiger charge is 2.19. The minimum Gasteiger partial charge on any atom is -0.464 e. The van der Waals surface area contributed by atoms with Crippen LogP contribution in [0.1, 0.15) is 13.8 Å². The molecule has 0 amide bonds. The van der Waals surface area contributed by atoms with E-state index >= 15 is 0 Å². The molecule has 1 aromatic carbocycles. The van der Waals surface area contributed by atoms with Gasteiger partial charge in [-0.25, -0.2) is 8.78 Å². The van der Waals surface area contributed by atoms with Crippen molar-refractivity contribution in [2.75, 3.05) is 18.5 Å². The van der Waals surface area contributed by atoms with Crippen LogP contribution in [0.5, 0.6) is 6.01 Å². The second-order valence-electron chi connectivity index (χ2n) is 3.95. The van der Waals surface area contributed by atoms with Crippen LogP contribution in [0.2, 0.25) is 0 Å². The molecular formula is C13H13BrF2N4O. The summed E-state index contributed by atoms with van der Waals surface area (Å²) in [5, 5.41) is 2.87. The highest BCUT2D eigenvalue weighted by atomic mass is 79.9. The molecular weight excluding hydrogens is 346 g/mol. The summed E-state index contributed by atoms with van der Waals surface area (Å²) in [6, 6.07) is 2.43. The van der Waals surface area contributed by atoms with Gasteiger partial charge in [0.2, 0.25) is 5.95 Å². The first-order valence-electron chi connectivity index (χ1n) is 6.33. The van der Waals surface area contributed by atoms with Crippen molar-refractivity contribution in [1.29, 1.82) is 0 Å². The summed E-state index contributed by atoms with van der Waals surface area (Å²) in [5.74, 6) is -1.46. The van der Waals surface area contributed by atoms with Crippen LogP contribution in [-0.4, -0.2) is 28.1 Å². The predicted molar refractivity (Wildman–Crippen MR) is 78.2 cm³/mol. The van der Waals surface area contributed by atoms with Gasteiger partial charge in [-0.1, -0.05) is 0 Å². The Labute approximate surface area is 128 Å². The Morgan fingerprint density at radius 1 is 1.19 bits per heavy atom. The summed E-state index contributed by atoms with van der Waals surface area (Å²) in [5.41, 5.74) is -0.327. The molecule has 0 atom stereocenters. The Hall–Kier alpha value is -1.83. The molecule has 2 rings (SSSR count). The molecule has 2 aromatic rings. The molecule has 112 valence electrons. The van der Waals surface area contributed by atoms with E-state index in [9.17, 15) is 8.78 Å². The maximum absolute atomic E-state index is 14.1. The minimum atomic E-state index is -0.772. The average molecular weight is 359 g/mol. The normalized spacial score (nSPS) is 10.5. The standard InChI is InChI=1S/C13H13BrF2N4O/c1-3-17-12-18-11(19-13(20-12)21-4-2)9-8(15)6-5-7(14)10(9)16/h5-6H,3-4H2,1-2H3,(H,17,18,19,20). The number of nitrogens with one attached hydrogen (secondary N) is 1. The van der Waals surface area contributed by atoms with Crippen LogP contribution in [0.4, 0.5) is 14.7 Å². The lowest BCUT2D eigenvalue weighted by molar-refractivity contribution is 0.312. The molecule has 0 bridgehead atoms. The Balaban J connectivity index is 2.59. The van der Waals surface area contributed by atoms with Gasteiger partial charge in [-0.05, 0) is 41.9 Å². The van der Waals surface area contributed by atoms with Gasteiger partial charge in [-0.3, -0.25) is 0 Å². The molecule has 8 heteroatoms. The monoisotopic (exact) mass is 358 g/mol. The van der Waals surface area contributed by atoms with Gasteiger partial charge in [0.1, 0.15) is 5.82 Å². The molecule has 0 radical (unpaired) electrons. The van der Waals surface area contributed by atoms with Crippen LogP contribution in [0, 0.1) is 11.6 Å². The Bertz CT molecular complexity index is 630. The summed E-state index contributed by atoms with van der Waals surface area (Å²) in [6.45, 7) is 4.50. The van der Waals surface area contributed by atoms with Gasteiger partial charge in [0, 0.05) is 6.54 Å². The number of halogens is 3. The topological polar surface area (TPSA) is 59.9 Å². The van der Waals surface area contributed by atoms with Crippen molar-refractivity contribution >= 4 is 21.9 Å². The van der Waals surface area contributed by atoms with Crippen molar-refractivity contribution in [2.24, 2.45) is 0 Å². The molecule has 0 aliphatic heterocycles. The van der Waals surface area contributed by atoms with E-state index < -0.39 is 11.6 Å². The van der Waals surface area contributed by atoms with Gasteiger partial charge in [-0.15, -0.1) is 0 Å². The molecule has 21 heavy (non-hydrogen) atoms. The number of ether oxygens (including phenoxy) is 1. The van der Waals surface area contributed by atoms with Crippen LogP contribution >= 0.6 is 15.9 Å². The van der Waals surface area contributed by atoms with Crippen molar-refractivity contribution in [1.82, 2.24) is 15.0 Å². The van der Waals surface area contributed by atoms with Crippen LogP contribution in [0.25, 0.3) is 11.4 Å². The van der Waals surface area contributed by atoms with E-state index in [-0.39, 0.29) is 27.8 Å². The molecule has 0 saturated heterocycles. The van der Waals surface area contributed by atoms with Crippen molar-refractivity contribution in [3.63, 3.8) is 0 Å². The van der Waals surface area contributed by atoms with E-state index in [0.717, 1.165) is 6.07 Å². The number of aromatic nitrogens is 3. The fourth-order valence-electron chi connectivity index (χ4n) is 1.63. The molecule has 0 unspecified atom stereocenters. The SMILES string of the molecule is CCNc1nc(OCC)nc(-c2c(F)ccc(Br)c2F)n1. The summed E-state index contributed by atoms with van der Waals surface area (Å²) >= 11 is 3.02. The fraction of sp³-hybridized carbons (Fsp3) is 0.308. The smallest absolute Gasteiger partial charge is 0.321 e. The average Bonchev–Trinajstić information content (AvgIpc) is 2.44. The van der Waals surface area contributed by atoms with E-state index in [0.29, 0.717) is 13.2 Å². The van der Waals surface area contributed by atoms with Gasteiger partial charge in [0.25, 0.3) is 0 Å². The van der Waals surface area contributed by atoms with Crippen LogP contribution in [0.15, 0.2) is 16.6 Å². The molecule has 0 fully saturated rings. The first kappa shape index (κ1) is 15.6. The zero-order valence-corrected chi connectivity index (χ0v) is 13.0. The Morgan fingerprint density at radius 3 is 2.62 bits per heavy atom. The zero-order valence-electron chi connectivity index (χ0n) is 11.5. The number of benzene rings is 1. The molecule has 0 spiro atoms. The van der Waals surface area contributed by atoms with Crippen molar-refractivity contribution < 1.29 is 13.5 Å². The van der Waals surface area contributed by atoms with Crippen molar-refractivity contribution in [3.8, 4) is 17.4 Å². The van der Waals surface area contributed by atoms with Crippen LogP contribution < -0.4 is 10.1 Å². The van der Waals surface area contributed by atoms with E-state index in [1.54, 1.807) is 6.92 Å². The molecule has 0 saturated carbocycles. The third-order valence-corrected chi connectivity index (χ3v) is 3.10. The molecule has 5 nitrogen and oxygen atoms in total. The predicted octanol–water partition coefficient (Wildman–Crippen LogP) is 3.41. The van der Waals surface area contributed by atoms with E-state index in [1.807, 2.05) is 6.92 Å². The van der Waals surface area contributed by atoms with Crippen molar-refractivity contribution in [2.45, 2.75) is 13.8 Å². The second-order valence-corrected chi connectivity index (χ2v) is 4.80. The van der Waals surface area contributed by atoms with E-state index in [2.05, 4.69) is 36.2 Å². The van der Waals surface area contributed by atoms with Gasteiger partial charge >= 0.3 is 6.01 Å². The minimum absolute atomic E-state index is 0.0113. The largest absolute Gasteiger partial charge is 0.464 e.